The second-order valence-corrected chi connectivity index (χ2v) is 7.20. The molecule has 3 aromatic rings. The fourth-order valence-corrected chi connectivity index (χ4v) is 3.63. The smallest absolute Gasteiger partial charge is 0.338 e. The summed E-state index contributed by atoms with van der Waals surface area (Å²) in [6.07, 6.45) is 0. The van der Waals surface area contributed by atoms with E-state index in [9.17, 15) is 4.79 Å². The number of carbonyl (C=O) groups excluding carboxylic acids is 1. The van der Waals surface area contributed by atoms with E-state index in [0.717, 1.165) is 11.1 Å². The first kappa shape index (κ1) is 20.7. The Morgan fingerprint density at radius 2 is 2.00 bits per heavy atom. The van der Waals surface area contributed by atoms with Gasteiger partial charge in [-0.25, -0.2) is 4.79 Å². The number of ether oxygens (including phenoxy) is 3. The molecule has 1 aliphatic heterocycles. The maximum absolute atomic E-state index is 12.5. The van der Waals surface area contributed by atoms with Crippen LogP contribution in [0.2, 0.25) is 5.02 Å². The van der Waals surface area contributed by atoms with Crippen molar-refractivity contribution >= 4 is 23.5 Å². The molecule has 0 bridgehead atoms. The van der Waals surface area contributed by atoms with Gasteiger partial charge in [0.25, 0.3) is 0 Å². The Morgan fingerprint density at radius 3 is 2.74 bits per heavy atom. The number of halogens is 1. The van der Waals surface area contributed by atoms with Crippen molar-refractivity contribution in [3.63, 3.8) is 0 Å². The molecule has 0 saturated carbocycles. The highest BCUT2D eigenvalue weighted by Gasteiger charge is 2.35. The van der Waals surface area contributed by atoms with Crippen molar-refractivity contribution in [2.75, 3.05) is 19.5 Å². The summed E-state index contributed by atoms with van der Waals surface area (Å²) in [5.41, 5.74) is 2.60. The van der Waals surface area contributed by atoms with Crippen molar-refractivity contribution in [3.8, 4) is 11.5 Å². The van der Waals surface area contributed by atoms with Crippen molar-refractivity contribution in [2.45, 2.75) is 19.6 Å². The van der Waals surface area contributed by atoms with E-state index < -0.39 is 12.0 Å². The molecule has 0 spiro atoms. The van der Waals surface area contributed by atoms with E-state index in [2.05, 4.69) is 20.8 Å². The Balaban J connectivity index is 1.69. The third-order valence-electron chi connectivity index (χ3n) is 4.96. The van der Waals surface area contributed by atoms with Crippen molar-refractivity contribution < 1.29 is 19.0 Å². The van der Waals surface area contributed by atoms with Gasteiger partial charge >= 0.3 is 5.97 Å². The Morgan fingerprint density at radius 1 is 1.19 bits per heavy atom. The Kier molecular flexibility index (Phi) is 5.77. The van der Waals surface area contributed by atoms with Gasteiger partial charge in [-0.15, -0.1) is 0 Å². The minimum atomic E-state index is -0.592. The SMILES string of the molecule is COC(=O)C1=C(C)Nc2nnnn2[C@H]1c1ccc(OCc2ccccc2Cl)c(OC)c1. The maximum Gasteiger partial charge on any atom is 0.338 e. The summed E-state index contributed by atoms with van der Waals surface area (Å²) in [6, 6.07) is 12.3. The Bertz CT molecular complexity index is 1160. The number of carbonyl (C=O) groups is 1. The van der Waals surface area contributed by atoms with E-state index in [4.69, 9.17) is 25.8 Å². The number of anilines is 1. The fraction of sp³-hybridized carbons (Fsp3) is 0.238. The lowest BCUT2D eigenvalue weighted by atomic mass is 9.95. The zero-order chi connectivity index (χ0) is 22.0. The van der Waals surface area contributed by atoms with E-state index >= 15 is 0 Å². The molecule has 0 unspecified atom stereocenters. The largest absolute Gasteiger partial charge is 0.493 e. The Hall–Kier alpha value is -3.59. The van der Waals surface area contributed by atoms with Crippen LogP contribution in [-0.4, -0.2) is 40.4 Å². The summed E-state index contributed by atoms with van der Waals surface area (Å²) in [5, 5.41) is 15.4. The summed E-state index contributed by atoms with van der Waals surface area (Å²) in [5.74, 6) is 0.985. The molecule has 0 amide bonds. The summed E-state index contributed by atoms with van der Waals surface area (Å²) in [6.45, 7) is 2.06. The highest BCUT2D eigenvalue weighted by molar-refractivity contribution is 6.31. The van der Waals surface area contributed by atoms with Gasteiger partial charge < -0.3 is 19.5 Å². The van der Waals surface area contributed by atoms with Gasteiger partial charge in [-0.05, 0) is 41.1 Å². The average molecular weight is 442 g/mol. The third kappa shape index (κ3) is 3.91. The molecule has 9 nitrogen and oxygen atoms in total. The van der Waals surface area contributed by atoms with Crippen LogP contribution in [0.15, 0.2) is 53.7 Å². The molecule has 1 aromatic heterocycles. The van der Waals surface area contributed by atoms with Gasteiger partial charge in [0.05, 0.1) is 19.8 Å². The van der Waals surface area contributed by atoms with Gasteiger partial charge in [0.15, 0.2) is 11.5 Å². The molecule has 31 heavy (non-hydrogen) atoms. The molecule has 1 atom stereocenters. The van der Waals surface area contributed by atoms with Crippen molar-refractivity contribution in [1.29, 1.82) is 0 Å². The van der Waals surface area contributed by atoms with E-state index in [0.29, 0.717) is 33.7 Å². The number of esters is 1. The van der Waals surface area contributed by atoms with Crippen molar-refractivity contribution in [3.05, 3.63) is 69.9 Å². The minimum absolute atomic E-state index is 0.284. The van der Waals surface area contributed by atoms with Gasteiger partial charge in [-0.1, -0.05) is 41.0 Å². The van der Waals surface area contributed by atoms with Crippen LogP contribution in [-0.2, 0) is 16.1 Å². The van der Waals surface area contributed by atoms with Crippen LogP contribution in [0.25, 0.3) is 0 Å². The number of hydrogen-bond donors (Lipinski definition) is 1. The van der Waals surface area contributed by atoms with Gasteiger partial charge in [0.1, 0.15) is 12.6 Å². The number of nitrogens with one attached hydrogen (secondary N) is 1. The van der Waals surface area contributed by atoms with Crippen molar-refractivity contribution in [1.82, 2.24) is 20.2 Å². The van der Waals surface area contributed by atoms with Crippen LogP contribution in [0.3, 0.4) is 0 Å². The highest BCUT2D eigenvalue weighted by atomic mass is 35.5. The predicted molar refractivity (Wildman–Crippen MR) is 113 cm³/mol. The second-order valence-electron chi connectivity index (χ2n) is 6.80. The Labute approximate surface area is 183 Å². The van der Waals surface area contributed by atoms with Gasteiger partial charge in [-0.2, -0.15) is 4.68 Å². The number of hydrogen-bond acceptors (Lipinski definition) is 8. The van der Waals surface area contributed by atoms with Crippen LogP contribution in [0, 0.1) is 0 Å². The number of fused-ring (bicyclic) bond motifs is 1. The molecule has 160 valence electrons. The van der Waals surface area contributed by atoms with E-state index in [1.807, 2.05) is 30.3 Å². The fourth-order valence-electron chi connectivity index (χ4n) is 3.44. The molecular formula is C21H20ClN5O4. The normalized spacial score (nSPS) is 15.2. The first-order valence-corrected chi connectivity index (χ1v) is 9.79. The molecule has 2 heterocycles. The number of allylic oxidation sites excluding steroid dienone is 1. The second kappa shape index (κ2) is 8.65. The number of benzene rings is 2. The molecule has 4 rings (SSSR count). The number of methoxy groups -OCH3 is 2. The first-order chi connectivity index (χ1) is 15.0. The lowest BCUT2D eigenvalue weighted by Crippen LogP contribution is -2.29. The third-order valence-corrected chi connectivity index (χ3v) is 5.33. The van der Waals surface area contributed by atoms with Gasteiger partial charge in [0.2, 0.25) is 5.95 Å². The molecule has 1 aliphatic rings. The minimum Gasteiger partial charge on any atom is -0.493 e. The molecule has 0 radical (unpaired) electrons. The maximum atomic E-state index is 12.5. The quantitative estimate of drug-likeness (QED) is 0.581. The molecule has 0 saturated heterocycles. The number of nitrogens with zero attached hydrogens (tertiary/aromatic N) is 4. The number of tetrazole rings is 1. The summed E-state index contributed by atoms with van der Waals surface area (Å²) in [7, 11) is 2.88. The van der Waals surface area contributed by atoms with Crippen LogP contribution >= 0.6 is 11.6 Å². The van der Waals surface area contributed by atoms with E-state index in [1.165, 1.54) is 11.8 Å². The van der Waals surface area contributed by atoms with Crippen molar-refractivity contribution in [2.24, 2.45) is 0 Å². The zero-order valence-corrected chi connectivity index (χ0v) is 17.9. The standard InChI is InChI=1S/C21H20ClN5O4/c1-12-18(20(28)30-3)19(27-21(23-12)24-25-26-27)13-8-9-16(17(10-13)29-2)31-11-14-6-4-5-7-15(14)22/h4-10,19H,11H2,1-3H3,(H,23,24,26)/t19-/m0/s1. The molecule has 2 aromatic carbocycles. The number of rotatable bonds is 6. The topological polar surface area (TPSA) is 100 Å². The monoisotopic (exact) mass is 441 g/mol. The molecule has 10 heteroatoms. The summed E-state index contributed by atoms with van der Waals surface area (Å²) >= 11 is 6.21. The van der Waals surface area contributed by atoms with Crippen LogP contribution in [0.1, 0.15) is 24.1 Å². The highest BCUT2D eigenvalue weighted by Crippen LogP contribution is 2.38. The van der Waals surface area contributed by atoms with E-state index in [-0.39, 0.29) is 6.61 Å². The van der Waals surface area contributed by atoms with Crippen LogP contribution in [0.4, 0.5) is 5.95 Å². The van der Waals surface area contributed by atoms with Gasteiger partial charge in [-0.3, -0.25) is 0 Å². The molecule has 0 aliphatic carbocycles. The molecular weight excluding hydrogens is 422 g/mol. The lowest BCUT2D eigenvalue weighted by molar-refractivity contribution is -0.136. The van der Waals surface area contributed by atoms with Crippen LogP contribution in [0.5, 0.6) is 11.5 Å². The molecule has 0 fully saturated rings. The van der Waals surface area contributed by atoms with Crippen LogP contribution < -0.4 is 14.8 Å². The first-order valence-electron chi connectivity index (χ1n) is 9.41. The predicted octanol–water partition coefficient (Wildman–Crippen LogP) is 3.38. The lowest BCUT2D eigenvalue weighted by Gasteiger charge is -2.27. The van der Waals surface area contributed by atoms with Gasteiger partial charge in [0, 0.05) is 16.3 Å². The number of aromatic nitrogens is 4. The average Bonchev–Trinajstić information content (AvgIpc) is 3.25. The van der Waals surface area contributed by atoms with E-state index in [1.54, 1.807) is 26.2 Å². The zero-order valence-electron chi connectivity index (χ0n) is 17.1. The molecule has 1 N–H and O–H groups in total. The summed E-state index contributed by atoms with van der Waals surface area (Å²) in [4.78, 5) is 12.5. The summed E-state index contributed by atoms with van der Waals surface area (Å²) < 4.78 is 18.0.